The van der Waals surface area contributed by atoms with Crippen molar-refractivity contribution in [3.8, 4) is 11.5 Å². The largest absolute Gasteiger partial charge is 0.493 e. The number of benzene rings is 3. The summed E-state index contributed by atoms with van der Waals surface area (Å²) in [4.78, 5) is 29.6. The second kappa shape index (κ2) is 11.5. The smallest absolute Gasteiger partial charge is 0.262 e. The zero-order chi connectivity index (χ0) is 25.5. The average Bonchev–Trinajstić information content (AvgIpc) is 2.89. The monoisotopic (exact) mass is 492 g/mol. The Labute approximate surface area is 209 Å². The molecule has 2 amide bonds. The van der Waals surface area contributed by atoms with E-state index in [1.54, 1.807) is 18.2 Å². The molecule has 0 aromatic heterocycles. The number of amides is 2. The van der Waals surface area contributed by atoms with Gasteiger partial charge < -0.3 is 29.9 Å². The van der Waals surface area contributed by atoms with Crippen LogP contribution in [0.1, 0.15) is 10.4 Å². The van der Waals surface area contributed by atoms with Crippen molar-refractivity contribution >= 4 is 28.9 Å². The number of likely N-dealkylation sites (N-methyl/N-ethyl adjacent to an activating group) is 1. The molecule has 36 heavy (non-hydrogen) atoms. The quantitative estimate of drug-likeness (QED) is 0.497. The lowest BCUT2D eigenvalue weighted by atomic mass is 10.1. The van der Waals surface area contributed by atoms with Gasteiger partial charge in [-0.05, 0) is 73.8 Å². The van der Waals surface area contributed by atoms with Crippen LogP contribution in [0, 0.1) is 5.82 Å². The maximum Gasteiger partial charge on any atom is 0.262 e. The van der Waals surface area contributed by atoms with E-state index in [2.05, 4.69) is 27.5 Å². The standard InChI is InChI=1S/C27H29FN4O4/c1-31-13-15-32(16-14-31)23-10-8-22(9-11-23)30-27(34)19-3-12-24(25(17-19)35-2)36-18-26(33)29-21-6-4-20(28)5-7-21/h3-12,17H,13-16,18H2,1-2H3,(H,29,33)(H,30,34). The molecule has 0 radical (unpaired) electrons. The van der Waals surface area contributed by atoms with Gasteiger partial charge in [0.15, 0.2) is 18.1 Å². The maximum absolute atomic E-state index is 13.0. The van der Waals surface area contributed by atoms with Crippen molar-refractivity contribution in [2.24, 2.45) is 0 Å². The van der Waals surface area contributed by atoms with Crippen molar-refractivity contribution < 1.29 is 23.5 Å². The van der Waals surface area contributed by atoms with Crippen molar-refractivity contribution in [1.82, 2.24) is 4.90 Å². The van der Waals surface area contributed by atoms with Gasteiger partial charge in [0, 0.05) is 48.8 Å². The number of anilines is 3. The van der Waals surface area contributed by atoms with Crippen molar-refractivity contribution in [3.05, 3.63) is 78.1 Å². The molecule has 4 rings (SSSR count). The molecule has 3 aromatic rings. The number of hydrogen-bond acceptors (Lipinski definition) is 6. The molecule has 1 aliphatic heterocycles. The van der Waals surface area contributed by atoms with E-state index in [9.17, 15) is 14.0 Å². The first-order valence-electron chi connectivity index (χ1n) is 11.6. The zero-order valence-corrected chi connectivity index (χ0v) is 20.3. The van der Waals surface area contributed by atoms with Gasteiger partial charge in [-0.2, -0.15) is 0 Å². The lowest BCUT2D eigenvalue weighted by molar-refractivity contribution is -0.118. The van der Waals surface area contributed by atoms with Crippen molar-refractivity contribution in [3.63, 3.8) is 0 Å². The summed E-state index contributed by atoms with van der Waals surface area (Å²) in [6, 6.07) is 18.0. The number of nitrogens with zero attached hydrogens (tertiary/aromatic N) is 2. The van der Waals surface area contributed by atoms with E-state index >= 15 is 0 Å². The predicted octanol–water partition coefficient (Wildman–Crippen LogP) is 3.86. The Morgan fingerprint density at radius 1 is 0.861 bits per heavy atom. The zero-order valence-electron chi connectivity index (χ0n) is 20.3. The minimum absolute atomic E-state index is 0.279. The first-order chi connectivity index (χ1) is 17.4. The fourth-order valence-corrected chi connectivity index (χ4v) is 3.83. The van der Waals surface area contributed by atoms with Gasteiger partial charge in [-0.25, -0.2) is 4.39 Å². The summed E-state index contributed by atoms with van der Waals surface area (Å²) < 4.78 is 23.9. The average molecular weight is 493 g/mol. The Morgan fingerprint density at radius 2 is 1.50 bits per heavy atom. The van der Waals surface area contributed by atoms with Crippen LogP contribution in [0.15, 0.2) is 66.7 Å². The molecular formula is C27H29FN4O4. The lowest BCUT2D eigenvalue weighted by Crippen LogP contribution is -2.44. The molecule has 1 heterocycles. The van der Waals surface area contributed by atoms with E-state index in [1.165, 1.54) is 31.4 Å². The Balaban J connectivity index is 1.33. The molecule has 0 aliphatic carbocycles. The van der Waals surface area contributed by atoms with Crippen LogP contribution in [0.5, 0.6) is 11.5 Å². The molecular weight excluding hydrogens is 463 g/mol. The fraction of sp³-hybridized carbons (Fsp3) is 0.259. The normalized spacial score (nSPS) is 13.7. The van der Waals surface area contributed by atoms with Gasteiger partial charge in [-0.3, -0.25) is 9.59 Å². The SMILES string of the molecule is COc1cc(C(=O)Nc2ccc(N3CCN(C)CC3)cc2)ccc1OCC(=O)Nc1ccc(F)cc1. The Hall–Kier alpha value is -4.11. The second-order valence-electron chi connectivity index (χ2n) is 8.50. The third-order valence-corrected chi connectivity index (χ3v) is 5.91. The van der Waals surface area contributed by atoms with Crippen LogP contribution in [0.3, 0.4) is 0 Å². The van der Waals surface area contributed by atoms with Gasteiger partial charge in [0.1, 0.15) is 5.82 Å². The molecule has 0 saturated carbocycles. The van der Waals surface area contributed by atoms with Gasteiger partial charge >= 0.3 is 0 Å². The maximum atomic E-state index is 13.0. The van der Waals surface area contributed by atoms with Gasteiger partial charge in [0.05, 0.1) is 7.11 Å². The summed E-state index contributed by atoms with van der Waals surface area (Å²) in [7, 11) is 3.58. The third-order valence-electron chi connectivity index (χ3n) is 5.91. The number of nitrogens with one attached hydrogen (secondary N) is 2. The molecule has 0 spiro atoms. The van der Waals surface area contributed by atoms with E-state index < -0.39 is 5.91 Å². The lowest BCUT2D eigenvalue weighted by Gasteiger charge is -2.34. The van der Waals surface area contributed by atoms with Gasteiger partial charge in [0.25, 0.3) is 11.8 Å². The molecule has 9 heteroatoms. The van der Waals surface area contributed by atoms with Crippen LogP contribution in [-0.4, -0.2) is 63.7 Å². The number of ether oxygens (including phenoxy) is 2. The minimum atomic E-state index is -0.412. The summed E-state index contributed by atoms with van der Waals surface area (Å²) in [6.07, 6.45) is 0. The van der Waals surface area contributed by atoms with Crippen LogP contribution in [-0.2, 0) is 4.79 Å². The Bertz CT molecular complexity index is 1190. The molecule has 1 saturated heterocycles. The van der Waals surface area contributed by atoms with E-state index in [-0.39, 0.29) is 18.3 Å². The topological polar surface area (TPSA) is 83.1 Å². The van der Waals surface area contributed by atoms with E-state index in [0.29, 0.717) is 28.4 Å². The highest BCUT2D eigenvalue weighted by molar-refractivity contribution is 6.04. The molecule has 0 unspecified atom stereocenters. The minimum Gasteiger partial charge on any atom is -0.493 e. The van der Waals surface area contributed by atoms with Crippen LogP contribution in [0.4, 0.5) is 21.5 Å². The van der Waals surface area contributed by atoms with Gasteiger partial charge in [-0.1, -0.05) is 0 Å². The Morgan fingerprint density at radius 3 is 2.17 bits per heavy atom. The predicted molar refractivity (Wildman–Crippen MR) is 138 cm³/mol. The van der Waals surface area contributed by atoms with Crippen molar-refractivity contribution in [1.29, 1.82) is 0 Å². The van der Waals surface area contributed by atoms with Crippen LogP contribution in [0.2, 0.25) is 0 Å². The first-order valence-corrected chi connectivity index (χ1v) is 11.6. The summed E-state index contributed by atoms with van der Waals surface area (Å²) >= 11 is 0. The van der Waals surface area contributed by atoms with E-state index in [0.717, 1.165) is 31.9 Å². The number of halogens is 1. The first kappa shape index (κ1) is 25.0. The fourth-order valence-electron chi connectivity index (χ4n) is 3.83. The van der Waals surface area contributed by atoms with Gasteiger partial charge in [0.2, 0.25) is 0 Å². The van der Waals surface area contributed by atoms with Crippen molar-refractivity contribution in [2.45, 2.75) is 0 Å². The van der Waals surface area contributed by atoms with Crippen LogP contribution in [0.25, 0.3) is 0 Å². The Kier molecular flexibility index (Phi) is 8.02. The molecule has 1 fully saturated rings. The number of methoxy groups -OCH3 is 1. The molecule has 3 aromatic carbocycles. The van der Waals surface area contributed by atoms with E-state index in [4.69, 9.17) is 9.47 Å². The highest BCUT2D eigenvalue weighted by atomic mass is 19.1. The van der Waals surface area contributed by atoms with E-state index in [1.807, 2.05) is 24.3 Å². The summed E-state index contributed by atoms with van der Waals surface area (Å²) in [5.41, 5.74) is 2.67. The van der Waals surface area contributed by atoms with Gasteiger partial charge in [-0.15, -0.1) is 0 Å². The number of carbonyl (C=O) groups is 2. The van der Waals surface area contributed by atoms with Crippen LogP contribution >= 0.6 is 0 Å². The molecule has 0 atom stereocenters. The van der Waals surface area contributed by atoms with Crippen LogP contribution < -0.4 is 25.0 Å². The third kappa shape index (κ3) is 6.51. The molecule has 0 bridgehead atoms. The molecule has 8 nitrogen and oxygen atoms in total. The second-order valence-corrected chi connectivity index (χ2v) is 8.50. The highest BCUT2D eigenvalue weighted by Crippen LogP contribution is 2.29. The highest BCUT2D eigenvalue weighted by Gasteiger charge is 2.16. The summed E-state index contributed by atoms with van der Waals surface area (Å²) in [6.45, 7) is 3.73. The number of rotatable bonds is 8. The molecule has 188 valence electrons. The molecule has 1 aliphatic rings. The van der Waals surface area contributed by atoms with Crippen molar-refractivity contribution in [2.75, 3.05) is 62.5 Å². The number of hydrogen-bond donors (Lipinski definition) is 2. The molecule has 2 N–H and O–H groups in total. The number of piperazine rings is 1. The number of carbonyl (C=O) groups excluding carboxylic acids is 2. The summed E-state index contributed by atoms with van der Waals surface area (Å²) in [5.74, 6) is -0.449. The summed E-state index contributed by atoms with van der Waals surface area (Å²) in [5, 5.41) is 5.51.